The monoisotopic (exact) mass is 681 g/mol. The number of nitrogens with two attached hydrogens (primary N) is 1. The highest BCUT2D eigenvalue weighted by Gasteiger charge is 2.35. The number of amides is 2. The van der Waals surface area contributed by atoms with Crippen LogP contribution in [-0.4, -0.2) is 52.5 Å². The topological polar surface area (TPSA) is 76.1 Å². The summed E-state index contributed by atoms with van der Waals surface area (Å²) in [5.74, 6) is 0.839. The van der Waals surface area contributed by atoms with Gasteiger partial charge in [-0.05, 0) is 79.5 Å². The van der Waals surface area contributed by atoms with Crippen molar-refractivity contribution >= 4 is 38.6 Å². The molecule has 7 nitrogen and oxygen atoms in total. The fraction of sp³-hybridized carbons (Fsp3) is 0.353. The number of hydrogen-bond acceptors (Lipinski definition) is 4. The molecule has 2 aliphatic heterocycles. The molecule has 0 saturated carbocycles. The second kappa shape index (κ2) is 13.3. The molecule has 4 aromatic rings. The Morgan fingerprint density at radius 1 is 0.978 bits per heavy atom. The van der Waals surface area contributed by atoms with Crippen LogP contribution in [0.5, 0.6) is 5.75 Å². The van der Waals surface area contributed by atoms with E-state index in [0.29, 0.717) is 30.8 Å². The molecule has 3 heterocycles. The van der Waals surface area contributed by atoms with Crippen LogP contribution in [-0.2, 0) is 12.7 Å². The highest BCUT2D eigenvalue weighted by atomic mass is 79.9. The van der Waals surface area contributed by atoms with E-state index in [2.05, 4.69) is 42.6 Å². The fourth-order valence-electron chi connectivity index (χ4n) is 6.22. The number of ether oxygens (including phenoxy) is 1. The maximum Gasteiger partial charge on any atom is 0.416 e. The van der Waals surface area contributed by atoms with Gasteiger partial charge in [-0.25, -0.2) is 9.80 Å². The van der Waals surface area contributed by atoms with Crippen molar-refractivity contribution in [3.8, 4) is 5.75 Å². The number of benzene rings is 3. The van der Waals surface area contributed by atoms with E-state index in [1.165, 1.54) is 42.8 Å². The lowest BCUT2D eigenvalue weighted by atomic mass is 9.97. The van der Waals surface area contributed by atoms with Crippen LogP contribution in [0.25, 0.3) is 10.9 Å². The molecule has 2 N–H and O–H groups in total. The molecule has 1 saturated heterocycles. The number of fused-ring (bicyclic) bond motifs is 1. The molecule has 3 aromatic carbocycles. The predicted octanol–water partition coefficient (Wildman–Crippen LogP) is 7.96. The van der Waals surface area contributed by atoms with E-state index in [1.54, 1.807) is 0 Å². The quantitative estimate of drug-likeness (QED) is 0.205. The van der Waals surface area contributed by atoms with Crippen molar-refractivity contribution in [3.05, 3.63) is 99.7 Å². The Bertz CT molecular complexity index is 1680. The highest BCUT2D eigenvalue weighted by molar-refractivity contribution is 9.10. The van der Waals surface area contributed by atoms with Crippen molar-refractivity contribution in [3.63, 3.8) is 0 Å². The summed E-state index contributed by atoms with van der Waals surface area (Å²) in [6, 6.07) is 17.7. The molecule has 0 aliphatic carbocycles. The number of primary amides is 1. The second-order valence-corrected chi connectivity index (χ2v) is 12.6. The van der Waals surface area contributed by atoms with Crippen molar-refractivity contribution in [1.29, 1.82) is 0 Å². The molecular weight excluding hydrogens is 647 g/mol. The van der Waals surface area contributed by atoms with E-state index in [9.17, 15) is 18.0 Å². The number of likely N-dealkylation sites (tertiary alicyclic amines) is 1. The smallest absolute Gasteiger partial charge is 0.416 e. The first-order chi connectivity index (χ1) is 21.7. The van der Waals surface area contributed by atoms with E-state index in [0.717, 1.165) is 64.0 Å². The Morgan fingerprint density at radius 2 is 1.69 bits per heavy atom. The number of hydrogen-bond donors (Lipinski definition) is 1. The summed E-state index contributed by atoms with van der Waals surface area (Å²) in [6.07, 6.45) is 3.03. The Labute approximate surface area is 268 Å². The molecule has 2 amide bonds. The number of aromatic nitrogens is 1. The third-order valence-corrected chi connectivity index (χ3v) is 9.06. The van der Waals surface area contributed by atoms with Gasteiger partial charge in [0.1, 0.15) is 12.4 Å². The van der Waals surface area contributed by atoms with E-state index >= 15 is 0 Å². The van der Waals surface area contributed by atoms with Gasteiger partial charge < -0.3 is 15.0 Å². The first-order valence-electron chi connectivity index (χ1n) is 15.2. The molecule has 2 aliphatic rings. The van der Waals surface area contributed by atoms with E-state index in [4.69, 9.17) is 10.5 Å². The highest BCUT2D eigenvalue weighted by Crippen LogP contribution is 2.39. The molecule has 6 rings (SSSR count). The van der Waals surface area contributed by atoms with Crippen LogP contribution in [0, 0.1) is 0 Å². The Hall–Kier alpha value is -3.83. The fourth-order valence-corrected chi connectivity index (χ4v) is 6.58. The van der Waals surface area contributed by atoms with E-state index in [-0.39, 0.29) is 0 Å². The van der Waals surface area contributed by atoms with Crippen molar-refractivity contribution < 1.29 is 22.7 Å². The van der Waals surface area contributed by atoms with Crippen LogP contribution in [0.15, 0.2) is 82.5 Å². The first-order valence-corrected chi connectivity index (χ1v) is 16.0. The third kappa shape index (κ3) is 7.20. The molecule has 236 valence electrons. The molecule has 45 heavy (non-hydrogen) atoms. The summed E-state index contributed by atoms with van der Waals surface area (Å²) in [6.45, 7) is 4.47. The van der Waals surface area contributed by atoms with Gasteiger partial charge >= 0.3 is 12.2 Å². The number of halogens is 4. The summed E-state index contributed by atoms with van der Waals surface area (Å²) in [5, 5.41) is 6.61. The van der Waals surface area contributed by atoms with Crippen molar-refractivity contribution in [2.24, 2.45) is 10.8 Å². The lowest BCUT2D eigenvalue weighted by Gasteiger charge is -2.19. The molecule has 1 fully saturated rings. The van der Waals surface area contributed by atoms with Crippen LogP contribution in [0.3, 0.4) is 0 Å². The van der Waals surface area contributed by atoms with Gasteiger partial charge in [-0.2, -0.15) is 18.3 Å². The van der Waals surface area contributed by atoms with Crippen molar-refractivity contribution in [2.75, 3.05) is 26.2 Å². The van der Waals surface area contributed by atoms with Crippen molar-refractivity contribution in [2.45, 2.75) is 50.9 Å². The lowest BCUT2D eigenvalue weighted by molar-refractivity contribution is -0.137. The van der Waals surface area contributed by atoms with Gasteiger partial charge in [0.2, 0.25) is 0 Å². The second-order valence-electron chi connectivity index (χ2n) is 11.6. The van der Waals surface area contributed by atoms with Crippen LogP contribution in [0.4, 0.5) is 18.0 Å². The van der Waals surface area contributed by atoms with Gasteiger partial charge in [0.05, 0.1) is 17.3 Å². The van der Waals surface area contributed by atoms with Gasteiger partial charge in [0.25, 0.3) is 0 Å². The first kappa shape index (κ1) is 31.2. The number of alkyl halides is 3. The van der Waals surface area contributed by atoms with Gasteiger partial charge in [-0.3, -0.25) is 4.90 Å². The number of rotatable bonds is 8. The summed E-state index contributed by atoms with van der Waals surface area (Å²) >= 11 is 3.57. The molecule has 0 unspecified atom stereocenters. The maximum absolute atomic E-state index is 13.1. The lowest BCUT2D eigenvalue weighted by Crippen LogP contribution is -2.31. The standard InChI is InChI=1S/C34H35BrF3N5O2/c35-26-11-14-31-28(19-26)29(32-20-30(40-43(32)33(39)44)24-7-9-25(10-8-24)34(36,37)38)22-42(31)21-23-5-12-27(13-6-23)45-18-17-41-15-3-1-2-4-16-41/h5-14,19,22,32H,1-4,15-18,20-21H2,(H2,39,44)/t32-/m0/s1. The van der Waals surface area contributed by atoms with Crippen LogP contribution in [0.1, 0.15) is 60.4 Å². The molecule has 1 aromatic heterocycles. The number of nitrogens with zero attached hydrogens (tertiary/aromatic N) is 4. The van der Waals surface area contributed by atoms with Crippen molar-refractivity contribution in [1.82, 2.24) is 14.5 Å². The molecule has 11 heteroatoms. The Balaban J connectivity index is 1.20. The molecule has 0 bridgehead atoms. The van der Waals surface area contributed by atoms with E-state index < -0.39 is 23.8 Å². The van der Waals surface area contributed by atoms with Crippen LogP contribution in [0.2, 0.25) is 0 Å². The minimum Gasteiger partial charge on any atom is -0.492 e. The SMILES string of the molecule is NC(=O)N1N=C(c2ccc(C(F)(F)F)cc2)C[C@H]1c1cn(Cc2ccc(OCCN3CCCCCC3)cc2)c2ccc(Br)cc12. The molecule has 0 spiro atoms. The summed E-state index contributed by atoms with van der Waals surface area (Å²) in [4.78, 5) is 15.0. The number of carbonyl (C=O) groups excluding carboxylic acids is 1. The zero-order valence-electron chi connectivity index (χ0n) is 24.8. The Morgan fingerprint density at radius 3 is 2.36 bits per heavy atom. The van der Waals surface area contributed by atoms with Gasteiger partial charge in [0, 0.05) is 46.6 Å². The molecule has 0 radical (unpaired) electrons. The summed E-state index contributed by atoms with van der Waals surface area (Å²) in [7, 11) is 0. The molecule has 1 atom stereocenters. The minimum absolute atomic E-state index is 0.309. The zero-order chi connectivity index (χ0) is 31.6. The summed E-state index contributed by atoms with van der Waals surface area (Å²) in [5.41, 5.74) is 8.92. The minimum atomic E-state index is -4.44. The normalized spacial score (nSPS) is 17.8. The van der Waals surface area contributed by atoms with Crippen LogP contribution >= 0.6 is 15.9 Å². The largest absolute Gasteiger partial charge is 0.492 e. The van der Waals surface area contributed by atoms with Gasteiger partial charge in [-0.15, -0.1) is 0 Å². The van der Waals surface area contributed by atoms with Gasteiger partial charge in [0.15, 0.2) is 0 Å². The molecular formula is C34H35BrF3N5O2. The zero-order valence-corrected chi connectivity index (χ0v) is 26.4. The summed E-state index contributed by atoms with van der Waals surface area (Å²) < 4.78 is 48.4. The Kier molecular flexibility index (Phi) is 9.18. The average Bonchev–Trinajstić information content (AvgIpc) is 3.50. The van der Waals surface area contributed by atoms with Crippen LogP contribution < -0.4 is 10.5 Å². The maximum atomic E-state index is 13.1. The third-order valence-electron chi connectivity index (χ3n) is 8.57. The predicted molar refractivity (Wildman–Crippen MR) is 172 cm³/mol. The van der Waals surface area contributed by atoms with E-state index in [1.807, 2.05) is 36.5 Å². The number of urea groups is 1. The van der Waals surface area contributed by atoms with Gasteiger partial charge in [-0.1, -0.05) is 53.0 Å². The number of carbonyl (C=O) groups is 1. The average molecular weight is 683 g/mol. The number of hydrazone groups is 1.